The Balaban J connectivity index is 1.58. The minimum absolute atomic E-state index is 0.468. The quantitative estimate of drug-likeness (QED) is 0.888. The van der Waals surface area contributed by atoms with E-state index in [-0.39, 0.29) is 0 Å². The normalized spacial score (nSPS) is 16.1. The van der Waals surface area contributed by atoms with Crippen molar-refractivity contribution in [1.29, 1.82) is 0 Å². The highest BCUT2D eigenvalue weighted by Crippen LogP contribution is 2.24. The van der Waals surface area contributed by atoms with Gasteiger partial charge in [0.05, 0.1) is 6.61 Å². The Hall–Kier alpha value is -2.14. The Bertz CT molecular complexity index is 599. The summed E-state index contributed by atoms with van der Waals surface area (Å²) < 4.78 is 5.95. The summed E-state index contributed by atoms with van der Waals surface area (Å²) in [7, 11) is 0. The maximum Gasteiger partial charge on any atom is 0.257 e. The highest BCUT2D eigenvalue weighted by atomic mass is 16.5. The summed E-state index contributed by atoms with van der Waals surface area (Å²) in [6, 6.07) is 10.5. The lowest BCUT2D eigenvalue weighted by Crippen LogP contribution is -2.44. The third-order valence-electron chi connectivity index (χ3n) is 4.22. The van der Waals surface area contributed by atoms with Crippen LogP contribution in [0, 0.1) is 0 Å². The monoisotopic (exact) mass is 312 g/mol. The van der Waals surface area contributed by atoms with Gasteiger partial charge in [-0.3, -0.25) is 0 Å². The number of hydrogen-bond donors (Lipinski definition) is 1. The second-order valence-corrected chi connectivity index (χ2v) is 5.87. The smallest absolute Gasteiger partial charge is 0.257 e. The van der Waals surface area contributed by atoms with Crippen molar-refractivity contribution in [3.63, 3.8) is 0 Å². The lowest BCUT2D eigenvalue weighted by molar-refractivity contribution is 0.288. The van der Waals surface area contributed by atoms with Gasteiger partial charge in [0.25, 0.3) is 5.88 Å². The number of hydrogen-bond acceptors (Lipinski definition) is 5. The molecule has 0 saturated carbocycles. The molecule has 2 heterocycles. The van der Waals surface area contributed by atoms with E-state index in [9.17, 15) is 0 Å². The van der Waals surface area contributed by atoms with Gasteiger partial charge in [0.1, 0.15) is 0 Å². The van der Waals surface area contributed by atoms with Crippen LogP contribution >= 0.6 is 0 Å². The molecule has 1 N–H and O–H groups in total. The molecule has 0 aliphatic carbocycles. The third-order valence-corrected chi connectivity index (χ3v) is 4.22. The van der Waals surface area contributed by atoms with Crippen molar-refractivity contribution in [3.8, 4) is 5.88 Å². The number of aromatic nitrogens is 2. The number of benzene rings is 1. The van der Waals surface area contributed by atoms with Crippen LogP contribution in [0.5, 0.6) is 5.88 Å². The molecule has 5 nitrogen and oxygen atoms in total. The average Bonchev–Trinajstić information content (AvgIpc) is 2.63. The topological polar surface area (TPSA) is 50.3 Å². The zero-order valence-electron chi connectivity index (χ0n) is 13.6. The summed E-state index contributed by atoms with van der Waals surface area (Å²) in [5, 5.41) is 3.35. The molecular weight excluding hydrogens is 288 g/mol. The first-order chi connectivity index (χ1) is 11.3. The summed E-state index contributed by atoms with van der Waals surface area (Å²) >= 11 is 0. The zero-order chi connectivity index (χ0) is 15.9. The van der Waals surface area contributed by atoms with Crippen LogP contribution in [0.3, 0.4) is 0 Å². The zero-order valence-corrected chi connectivity index (χ0v) is 13.6. The Morgan fingerprint density at radius 1 is 1.13 bits per heavy atom. The van der Waals surface area contributed by atoms with E-state index < -0.39 is 0 Å². The number of nitrogens with zero attached hydrogens (tertiary/aromatic N) is 3. The number of anilines is 1. The Morgan fingerprint density at radius 2 is 1.87 bits per heavy atom. The van der Waals surface area contributed by atoms with E-state index in [1.54, 1.807) is 12.4 Å². The molecule has 0 spiro atoms. The van der Waals surface area contributed by atoms with Crippen LogP contribution in [0.4, 0.5) is 5.82 Å². The van der Waals surface area contributed by atoms with Crippen molar-refractivity contribution in [3.05, 3.63) is 48.3 Å². The number of piperazine rings is 1. The minimum atomic E-state index is 0.468. The van der Waals surface area contributed by atoms with Gasteiger partial charge in [0.2, 0.25) is 0 Å². The molecule has 23 heavy (non-hydrogen) atoms. The van der Waals surface area contributed by atoms with Crippen molar-refractivity contribution < 1.29 is 4.74 Å². The molecule has 1 atom stereocenters. The minimum Gasteiger partial charge on any atom is -0.475 e. The maximum atomic E-state index is 5.95. The SMILES string of the molecule is CC(CCOc1nccnc1N1CCNCC1)c1ccccc1. The molecule has 1 aliphatic heterocycles. The molecule has 1 unspecified atom stereocenters. The highest BCUT2D eigenvalue weighted by Gasteiger charge is 2.17. The fraction of sp³-hybridized carbons (Fsp3) is 0.444. The molecule has 1 aromatic heterocycles. The number of rotatable bonds is 6. The van der Waals surface area contributed by atoms with Gasteiger partial charge in [-0.15, -0.1) is 0 Å². The maximum absolute atomic E-state index is 5.95. The van der Waals surface area contributed by atoms with Crippen molar-refractivity contribution in [2.75, 3.05) is 37.7 Å². The molecule has 122 valence electrons. The van der Waals surface area contributed by atoms with Gasteiger partial charge in [0.15, 0.2) is 5.82 Å². The van der Waals surface area contributed by atoms with E-state index in [0.29, 0.717) is 18.4 Å². The molecule has 1 aliphatic rings. The Morgan fingerprint density at radius 3 is 2.65 bits per heavy atom. The molecule has 1 aromatic carbocycles. The van der Waals surface area contributed by atoms with E-state index in [0.717, 1.165) is 38.4 Å². The first-order valence-corrected chi connectivity index (χ1v) is 8.29. The van der Waals surface area contributed by atoms with Crippen LogP contribution in [-0.2, 0) is 0 Å². The molecule has 0 amide bonds. The van der Waals surface area contributed by atoms with Crippen LogP contribution < -0.4 is 15.0 Å². The van der Waals surface area contributed by atoms with Crippen molar-refractivity contribution >= 4 is 5.82 Å². The first kappa shape index (κ1) is 15.7. The van der Waals surface area contributed by atoms with Gasteiger partial charge in [-0.05, 0) is 17.9 Å². The average molecular weight is 312 g/mol. The predicted molar refractivity (Wildman–Crippen MR) is 92.1 cm³/mol. The van der Waals surface area contributed by atoms with E-state index >= 15 is 0 Å². The molecule has 1 fully saturated rings. The van der Waals surface area contributed by atoms with Gasteiger partial charge in [-0.1, -0.05) is 37.3 Å². The van der Waals surface area contributed by atoms with E-state index in [4.69, 9.17) is 4.74 Å². The summed E-state index contributed by atoms with van der Waals surface area (Å²) in [5.74, 6) is 1.98. The van der Waals surface area contributed by atoms with E-state index in [1.807, 2.05) is 6.07 Å². The van der Waals surface area contributed by atoms with Gasteiger partial charge >= 0.3 is 0 Å². The van der Waals surface area contributed by atoms with E-state index in [2.05, 4.69) is 51.4 Å². The van der Waals surface area contributed by atoms with Gasteiger partial charge in [-0.25, -0.2) is 9.97 Å². The molecule has 0 radical (unpaired) electrons. The summed E-state index contributed by atoms with van der Waals surface area (Å²) in [5.41, 5.74) is 1.34. The van der Waals surface area contributed by atoms with E-state index in [1.165, 1.54) is 5.56 Å². The third kappa shape index (κ3) is 4.20. The lowest BCUT2D eigenvalue weighted by Gasteiger charge is -2.29. The van der Waals surface area contributed by atoms with Crippen LogP contribution in [0.1, 0.15) is 24.8 Å². The summed E-state index contributed by atoms with van der Waals surface area (Å²) in [6.07, 6.45) is 4.39. The van der Waals surface area contributed by atoms with Gasteiger partial charge in [0, 0.05) is 38.6 Å². The van der Waals surface area contributed by atoms with Crippen LogP contribution in [-0.4, -0.2) is 42.8 Å². The summed E-state index contributed by atoms with van der Waals surface area (Å²) in [4.78, 5) is 11.1. The fourth-order valence-corrected chi connectivity index (χ4v) is 2.79. The molecule has 5 heteroatoms. The van der Waals surface area contributed by atoms with Crippen molar-refractivity contribution in [2.24, 2.45) is 0 Å². The van der Waals surface area contributed by atoms with Crippen LogP contribution in [0.2, 0.25) is 0 Å². The summed E-state index contributed by atoms with van der Waals surface area (Å²) in [6.45, 7) is 6.70. The second-order valence-electron chi connectivity index (χ2n) is 5.87. The molecule has 0 bridgehead atoms. The fourth-order valence-electron chi connectivity index (χ4n) is 2.79. The van der Waals surface area contributed by atoms with Gasteiger partial charge < -0.3 is 15.0 Å². The van der Waals surface area contributed by atoms with Crippen molar-refractivity contribution in [2.45, 2.75) is 19.3 Å². The molecule has 1 saturated heterocycles. The van der Waals surface area contributed by atoms with Crippen LogP contribution in [0.25, 0.3) is 0 Å². The van der Waals surface area contributed by atoms with Crippen LogP contribution in [0.15, 0.2) is 42.7 Å². The predicted octanol–water partition coefficient (Wildman–Crippen LogP) is 2.46. The molecular formula is C18H24N4O. The molecule has 3 rings (SSSR count). The largest absolute Gasteiger partial charge is 0.475 e. The molecule has 2 aromatic rings. The number of ether oxygens (including phenoxy) is 1. The first-order valence-electron chi connectivity index (χ1n) is 8.29. The highest BCUT2D eigenvalue weighted by molar-refractivity contribution is 5.48. The Labute approximate surface area is 137 Å². The lowest BCUT2D eigenvalue weighted by atomic mass is 9.98. The standard InChI is InChI=1S/C18H24N4O/c1-15(16-5-3-2-4-6-16)7-14-23-18-17(20-8-9-21-18)22-12-10-19-11-13-22/h2-6,8-9,15,19H,7,10-14H2,1H3. The van der Waals surface area contributed by atoms with Gasteiger partial charge in [-0.2, -0.15) is 0 Å². The number of nitrogens with one attached hydrogen (secondary N) is 1. The van der Waals surface area contributed by atoms with Crippen molar-refractivity contribution in [1.82, 2.24) is 15.3 Å². The Kier molecular flexibility index (Phi) is 5.42. The second kappa shape index (κ2) is 7.92.